The van der Waals surface area contributed by atoms with Crippen LogP contribution in [0, 0.1) is 5.92 Å². The zero-order valence-electron chi connectivity index (χ0n) is 10.0. The maximum atomic E-state index is 12.1. The van der Waals surface area contributed by atoms with Crippen LogP contribution in [0.3, 0.4) is 0 Å². The lowest BCUT2D eigenvalue weighted by molar-refractivity contribution is -0.141. The van der Waals surface area contributed by atoms with Crippen LogP contribution in [0.25, 0.3) is 0 Å². The molecule has 1 aromatic carbocycles. The van der Waals surface area contributed by atoms with Gasteiger partial charge in [-0.2, -0.15) is 0 Å². The predicted molar refractivity (Wildman–Crippen MR) is 72.7 cm³/mol. The summed E-state index contributed by atoms with van der Waals surface area (Å²) in [6.45, 7) is 0. The van der Waals surface area contributed by atoms with Crippen LogP contribution in [0.4, 0.5) is 0 Å². The van der Waals surface area contributed by atoms with Gasteiger partial charge in [-0.05, 0) is 31.4 Å². The molecule has 1 aromatic rings. The molecule has 2 atom stereocenters. The highest BCUT2D eigenvalue weighted by Gasteiger charge is 2.31. The highest BCUT2D eigenvalue weighted by atomic mass is 35.5. The SMILES string of the molecule is O=C(N[C@@H]1CC[C@H](C(=O)O)C1)c1c(Cl)cccc1Cl. The molecule has 0 bridgehead atoms. The van der Waals surface area contributed by atoms with E-state index in [1.807, 2.05) is 0 Å². The van der Waals surface area contributed by atoms with Gasteiger partial charge in [0.2, 0.25) is 0 Å². The third-order valence-corrected chi connectivity index (χ3v) is 3.94. The average molecular weight is 302 g/mol. The molecule has 1 saturated carbocycles. The van der Waals surface area contributed by atoms with E-state index in [-0.39, 0.29) is 33.5 Å². The first kappa shape index (κ1) is 14.2. The fourth-order valence-corrected chi connectivity index (χ4v) is 2.88. The van der Waals surface area contributed by atoms with Crippen molar-refractivity contribution in [2.45, 2.75) is 25.3 Å². The number of benzene rings is 1. The monoisotopic (exact) mass is 301 g/mol. The van der Waals surface area contributed by atoms with Gasteiger partial charge in [-0.25, -0.2) is 0 Å². The van der Waals surface area contributed by atoms with Crippen molar-refractivity contribution in [3.8, 4) is 0 Å². The molecule has 1 aliphatic carbocycles. The fraction of sp³-hybridized carbons (Fsp3) is 0.385. The zero-order valence-corrected chi connectivity index (χ0v) is 11.5. The van der Waals surface area contributed by atoms with Gasteiger partial charge in [-0.3, -0.25) is 9.59 Å². The number of nitrogens with one attached hydrogen (secondary N) is 1. The Labute approximate surface area is 120 Å². The highest BCUT2D eigenvalue weighted by Crippen LogP contribution is 2.28. The molecule has 102 valence electrons. The van der Waals surface area contributed by atoms with Crippen LogP contribution in [0.5, 0.6) is 0 Å². The number of rotatable bonds is 3. The van der Waals surface area contributed by atoms with E-state index in [0.717, 1.165) is 0 Å². The average Bonchev–Trinajstić information content (AvgIpc) is 2.77. The van der Waals surface area contributed by atoms with E-state index in [4.69, 9.17) is 28.3 Å². The maximum Gasteiger partial charge on any atom is 0.306 e. The van der Waals surface area contributed by atoms with E-state index in [0.29, 0.717) is 19.3 Å². The number of amides is 1. The van der Waals surface area contributed by atoms with Crippen molar-refractivity contribution in [2.75, 3.05) is 0 Å². The Morgan fingerprint density at radius 1 is 1.21 bits per heavy atom. The predicted octanol–water partition coefficient (Wildman–Crippen LogP) is 2.98. The summed E-state index contributed by atoms with van der Waals surface area (Å²) in [5.41, 5.74) is 0.240. The van der Waals surface area contributed by atoms with Gasteiger partial charge in [-0.1, -0.05) is 29.3 Å². The molecule has 1 amide bonds. The van der Waals surface area contributed by atoms with Gasteiger partial charge in [0.05, 0.1) is 21.5 Å². The topological polar surface area (TPSA) is 66.4 Å². The van der Waals surface area contributed by atoms with Crippen molar-refractivity contribution in [1.82, 2.24) is 5.32 Å². The molecule has 19 heavy (non-hydrogen) atoms. The van der Waals surface area contributed by atoms with Gasteiger partial charge in [0.25, 0.3) is 5.91 Å². The van der Waals surface area contributed by atoms with E-state index in [9.17, 15) is 9.59 Å². The largest absolute Gasteiger partial charge is 0.481 e. The highest BCUT2D eigenvalue weighted by molar-refractivity contribution is 6.39. The van der Waals surface area contributed by atoms with Crippen LogP contribution < -0.4 is 5.32 Å². The quantitative estimate of drug-likeness (QED) is 0.902. The number of hydrogen-bond acceptors (Lipinski definition) is 2. The Kier molecular flexibility index (Phi) is 4.32. The van der Waals surface area contributed by atoms with Gasteiger partial charge < -0.3 is 10.4 Å². The molecule has 0 saturated heterocycles. The molecule has 6 heteroatoms. The molecule has 0 radical (unpaired) electrons. The minimum absolute atomic E-state index is 0.138. The van der Waals surface area contributed by atoms with E-state index in [1.54, 1.807) is 18.2 Å². The molecule has 2 rings (SSSR count). The molecule has 2 N–H and O–H groups in total. The minimum atomic E-state index is -0.812. The second-order valence-electron chi connectivity index (χ2n) is 4.62. The Bertz CT molecular complexity index is 498. The second-order valence-corrected chi connectivity index (χ2v) is 5.43. The first-order valence-corrected chi connectivity index (χ1v) is 6.72. The number of carboxylic acids is 1. The van der Waals surface area contributed by atoms with Gasteiger partial charge in [-0.15, -0.1) is 0 Å². The normalized spacial score (nSPS) is 22.2. The first-order valence-electron chi connectivity index (χ1n) is 5.96. The van der Waals surface area contributed by atoms with E-state index in [2.05, 4.69) is 5.32 Å². The Hall–Kier alpha value is -1.26. The maximum absolute atomic E-state index is 12.1. The molecule has 4 nitrogen and oxygen atoms in total. The zero-order chi connectivity index (χ0) is 14.0. The summed E-state index contributed by atoms with van der Waals surface area (Å²) in [5.74, 6) is -1.55. The third kappa shape index (κ3) is 3.19. The van der Waals surface area contributed by atoms with Gasteiger partial charge in [0.1, 0.15) is 0 Å². The van der Waals surface area contributed by atoms with Gasteiger partial charge >= 0.3 is 5.97 Å². The van der Waals surface area contributed by atoms with Crippen molar-refractivity contribution in [1.29, 1.82) is 0 Å². The van der Waals surface area contributed by atoms with Crippen LogP contribution >= 0.6 is 23.2 Å². The molecule has 0 heterocycles. The summed E-state index contributed by atoms with van der Waals surface area (Å²) >= 11 is 11.9. The van der Waals surface area contributed by atoms with Crippen molar-refractivity contribution in [3.63, 3.8) is 0 Å². The fourth-order valence-electron chi connectivity index (χ4n) is 2.31. The summed E-state index contributed by atoms with van der Waals surface area (Å²) in [4.78, 5) is 22.9. The lowest BCUT2D eigenvalue weighted by Crippen LogP contribution is -2.33. The summed E-state index contributed by atoms with van der Waals surface area (Å²) < 4.78 is 0. The molecule has 1 fully saturated rings. The molecule has 1 aliphatic rings. The van der Waals surface area contributed by atoms with Crippen molar-refractivity contribution in [3.05, 3.63) is 33.8 Å². The molecular weight excluding hydrogens is 289 g/mol. The molecule has 0 aliphatic heterocycles. The van der Waals surface area contributed by atoms with Crippen LogP contribution in [0.2, 0.25) is 10.0 Å². The second kappa shape index (κ2) is 5.80. The first-order chi connectivity index (χ1) is 8.99. The standard InChI is InChI=1S/C13H13Cl2NO3/c14-9-2-1-3-10(15)11(9)12(17)16-8-5-4-7(6-8)13(18)19/h1-3,7-8H,4-6H2,(H,16,17)(H,18,19)/t7-,8+/m0/s1. The lowest BCUT2D eigenvalue weighted by atomic mass is 10.1. The van der Waals surface area contributed by atoms with Crippen LogP contribution in [-0.2, 0) is 4.79 Å². The number of carboxylic acid groups (broad SMARTS) is 1. The van der Waals surface area contributed by atoms with E-state index >= 15 is 0 Å². The molecule has 0 spiro atoms. The number of hydrogen-bond donors (Lipinski definition) is 2. The van der Waals surface area contributed by atoms with E-state index in [1.165, 1.54) is 0 Å². The number of halogens is 2. The summed E-state index contributed by atoms with van der Waals surface area (Å²) in [6, 6.07) is 4.71. The summed E-state index contributed by atoms with van der Waals surface area (Å²) in [5, 5.41) is 12.3. The third-order valence-electron chi connectivity index (χ3n) is 3.31. The number of carbonyl (C=O) groups is 2. The lowest BCUT2D eigenvalue weighted by Gasteiger charge is -2.14. The molecule has 0 unspecified atom stereocenters. The van der Waals surface area contributed by atoms with Gasteiger partial charge in [0.15, 0.2) is 0 Å². The number of aliphatic carboxylic acids is 1. The minimum Gasteiger partial charge on any atom is -0.481 e. The Morgan fingerprint density at radius 2 is 1.84 bits per heavy atom. The van der Waals surface area contributed by atoms with Crippen molar-refractivity contribution < 1.29 is 14.7 Å². The Balaban J connectivity index is 2.05. The summed E-state index contributed by atoms with van der Waals surface area (Å²) in [6.07, 6.45) is 1.68. The summed E-state index contributed by atoms with van der Waals surface area (Å²) in [7, 11) is 0. The van der Waals surface area contributed by atoms with Crippen molar-refractivity contribution in [2.24, 2.45) is 5.92 Å². The van der Waals surface area contributed by atoms with Crippen LogP contribution in [0.15, 0.2) is 18.2 Å². The Morgan fingerprint density at radius 3 is 2.37 bits per heavy atom. The van der Waals surface area contributed by atoms with Crippen LogP contribution in [-0.4, -0.2) is 23.0 Å². The van der Waals surface area contributed by atoms with Gasteiger partial charge in [0, 0.05) is 6.04 Å². The van der Waals surface area contributed by atoms with Crippen LogP contribution in [0.1, 0.15) is 29.6 Å². The van der Waals surface area contributed by atoms with E-state index < -0.39 is 5.97 Å². The molecular formula is C13H13Cl2NO3. The molecule has 0 aromatic heterocycles. The smallest absolute Gasteiger partial charge is 0.306 e. The number of carbonyl (C=O) groups excluding carboxylic acids is 1. The van der Waals surface area contributed by atoms with Crippen molar-refractivity contribution >= 4 is 35.1 Å².